The van der Waals surface area contributed by atoms with E-state index in [2.05, 4.69) is 10.6 Å². The van der Waals surface area contributed by atoms with Crippen molar-refractivity contribution < 1.29 is 14.3 Å². The van der Waals surface area contributed by atoms with Crippen molar-refractivity contribution in [1.29, 1.82) is 0 Å². The van der Waals surface area contributed by atoms with Gasteiger partial charge in [0.2, 0.25) is 5.91 Å². The molecule has 0 spiro atoms. The number of ether oxygens (including phenoxy) is 1. The highest BCUT2D eigenvalue weighted by Crippen LogP contribution is 2.38. The predicted molar refractivity (Wildman–Crippen MR) is 138 cm³/mol. The Labute approximate surface area is 204 Å². The largest absolute Gasteiger partial charge is 0.496 e. The lowest BCUT2D eigenvalue weighted by molar-refractivity contribution is -0.115. The van der Waals surface area contributed by atoms with Crippen LogP contribution in [0.15, 0.2) is 97.1 Å². The quantitative estimate of drug-likeness (QED) is 0.394. The van der Waals surface area contributed by atoms with E-state index in [4.69, 9.17) is 4.74 Å². The lowest BCUT2D eigenvalue weighted by Crippen LogP contribution is -2.26. The first-order valence-electron chi connectivity index (χ1n) is 11.4. The second-order valence-electron chi connectivity index (χ2n) is 8.25. The molecular formula is C29H25N3O3. The van der Waals surface area contributed by atoms with Crippen LogP contribution < -0.4 is 20.3 Å². The molecular weight excluding hydrogens is 438 g/mol. The number of carbonyl (C=O) groups is 2. The summed E-state index contributed by atoms with van der Waals surface area (Å²) in [5.74, 6) is 0.381. The molecule has 1 heterocycles. The van der Waals surface area contributed by atoms with Crippen molar-refractivity contribution >= 4 is 34.6 Å². The summed E-state index contributed by atoms with van der Waals surface area (Å²) in [6, 6.07) is 30.1. The number of methoxy groups -OCH3 is 1. The molecule has 6 nitrogen and oxygen atoms in total. The molecule has 4 aromatic carbocycles. The van der Waals surface area contributed by atoms with Gasteiger partial charge in [-0.2, -0.15) is 0 Å². The van der Waals surface area contributed by atoms with Gasteiger partial charge in [-0.3, -0.25) is 14.5 Å². The number of amides is 2. The molecule has 0 bridgehead atoms. The van der Waals surface area contributed by atoms with Crippen LogP contribution in [0.2, 0.25) is 0 Å². The highest BCUT2D eigenvalue weighted by Gasteiger charge is 2.26. The molecule has 35 heavy (non-hydrogen) atoms. The van der Waals surface area contributed by atoms with Crippen molar-refractivity contribution in [2.24, 2.45) is 0 Å². The van der Waals surface area contributed by atoms with E-state index in [-0.39, 0.29) is 18.2 Å². The number of nitrogens with zero attached hydrogens (tertiary/aromatic N) is 1. The maximum atomic E-state index is 13.7. The first-order valence-corrected chi connectivity index (χ1v) is 11.4. The maximum Gasteiger partial charge on any atom is 0.262 e. The van der Waals surface area contributed by atoms with Gasteiger partial charge in [-0.1, -0.05) is 48.5 Å². The molecule has 2 amide bonds. The fourth-order valence-electron chi connectivity index (χ4n) is 4.29. The highest BCUT2D eigenvalue weighted by molar-refractivity contribution is 6.13. The number of benzene rings is 4. The van der Waals surface area contributed by atoms with Gasteiger partial charge < -0.3 is 15.4 Å². The maximum absolute atomic E-state index is 13.7. The highest BCUT2D eigenvalue weighted by atomic mass is 16.5. The number of para-hydroxylation sites is 4. The third kappa shape index (κ3) is 4.59. The second kappa shape index (κ2) is 9.73. The summed E-state index contributed by atoms with van der Waals surface area (Å²) >= 11 is 0. The van der Waals surface area contributed by atoms with Crippen molar-refractivity contribution in [2.45, 2.75) is 13.0 Å². The van der Waals surface area contributed by atoms with Gasteiger partial charge in [0.05, 0.1) is 30.6 Å². The van der Waals surface area contributed by atoms with Crippen molar-refractivity contribution in [2.75, 3.05) is 22.6 Å². The molecule has 0 unspecified atom stereocenters. The molecule has 1 aliphatic heterocycles. The number of fused-ring (bicyclic) bond motifs is 2. The third-order valence-electron chi connectivity index (χ3n) is 6.01. The van der Waals surface area contributed by atoms with Crippen molar-refractivity contribution in [3.8, 4) is 5.75 Å². The van der Waals surface area contributed by atoms with E-state index in [1.165, 1.54) is 0 Å². The number of nitrogens with one attached hydrogen (secondary N) is 2. The van der Waals surface area contributed by atoms with Gasteiger partial charge >= 0.3 is 0 Å². The lowest BCUT2D eigenvalue weighted by Gasteiger charge is -2.24. The minimum Gasteiger partial charge on any atom is -0.496 e. The average molecular weight is 464 g/mol. The molecule has 0 aliphatic carbocycles. The Bertz CT molecular complexity index is 1330. The zero-order valence-electron chi connectivity index (χ0n) is 19.3. The number of rotatable bonds is 5. The standard InChI is InChI=1S/C29H25N3O3/c1-35-27-13-7-3-8-21(27)18-28(33)31-23-16-14-20(15-17-23)29(34)32-25-11-5-2-9-22(25)19-30-24-10-4-6-12-26(24)32/h2-17,30H,18-19H2,1H3,(H,31,33). The van der Waals surface area contributed by atoms with E-state index in [1.54, 1.807) is 36.3 Å². The molecule has 0 fully saturated rings. The summed E-state index contributed by atoms with van der Waals surface area (Å²) in [4.78, 5) is 28.1. The lowest BCUT2D eigenvalue weighted by atomic mass is 10.1. The second-order valence-corrected chi connectivity index (χ2v) is 8.25. The minimum atomic E-state index is -0.157. The van der Waals surface area contributed by atoms with Crippen LogP contribution in [0.25, 0.3) is 0 Å². The van der Waals surface area contributed by atoms with Crippen LogP contribution in [0.1, 0.15) is 21.5 Å². The van der Waals surface area contributed by atoms with E-state index in [0.29, 0.717) is 23.5 Å². The summed E-state index contributed by atoms with van der Waals surface area (Å²) in [5, 5.41) is 6.33. The minimum absolute atomic E-state index is 0.138. The molecule has 0 saturated carbocycles. The monoisotopic (exact) mass is 463 g/mol. The number of hydrogen-bond donors (Lipinski definition) is 2. The Morgan fingerprint density at radius 2 is 1.54 bits per heavy atom. The van der Waals surface area contributed by atoms with E-state index < -0.39 is 0 Å². The van der Waals surface area contributed by atoms with Crippen LogP contribution in [-0.2, 0) is 17.8 Å². The molecule has 5 rings (SSSR count). The predicted octanol–water partition coefficient (Wildman–Crippen LogP) is 5.78. The van der Waals surface area contributed by atoms with Gasteiger partial charge in [-0.25, -0.2) is 0 Å². The Kier molecular flexibility index (Phi) is 6.18. The summed E-state index contributed by atoms with van der Waals surface area (Å²) < 4.78 is 5.33. The summed E-state index contributed by atoms with van der Waals surface area (Å²) in [7, 11) is 1.59. The topological polar surface area (TPSA) is 70.7 Å². The Morgan fingerprint density at radius 1 is 0.857 bits per heavy atom. The molecule has 0 atom stereocenters. The smallest absolute Gasteiger partial charge is 0.262 e. The van der Waals surface area contributed by atoms with Crippen LogP contribution in [0, 0.1) is 0 Å². The molecule has 2 N–H and O–H groups in total. The van der Waals surface area contributed by atoms with Crippen LogP contribution in [-0.4, -0.2) is 18.9 Å². The molecule has 0 saturated heterocycles. The van der Waals surface area contributed by atoms with Gasteiger partial charge in [0.1, 0.15) is 5.75 Å². The zero-order valence-corrected chi connectivity index (χ0v) is 19.3. The summed E-state index contributed by atoms with van der Waals surface area (Å²) in [6.45, 7) is 0.633. The summed E-state index contributed by atoms with van der Waals surface area (Å²) in [6.07, 6.45) is 0.193. The van der Waals surface area contributed by atoms with Gasteiger partial charge in [-0.15, -0.1) is 0 Å². The number of hydrogen-bond acceptors (Lipinski definition) is 4. The van der Waals surface area contributed by atoms with Gasteiger partial charge in [0.15, 0.2) is 0 Å². The van der Waals surface area contributed by atoms with E-state index >= 15 is 0 Å². The van der Waals surface area contributed by atoms with Crippen LogP contribution >= 0.6 is 0 Å². The fraction of sp³-hybridized carbons (Fsp3) is 0.103. The Hall–Kier alpha value is -4.58. The number of anilines is 4. The van der Waals surface area contributed by atoms with Crippen molar-refractivity contribution in [3.05, 3.63) is 114 Å². The zero-order chi connectivity index (χ0) is 24.2. The van der Waals surface area contributed by atoms with Gasteiger partial charge in [0, 0.05) is 23.4 Å². The average Bonchev–Trinajstić information content (AvgIpc) is 3.06. The van der Waals surface area contributed by atoms with Crippen LogP contribution in [0.3, 0.4) is 0 Å². The van der Waals surface area contributed by atoms with Crippen molar-refractivity contribution in [1.82, 2.24) is 0 Å². The first-order chi connectivity index (χ1) is 17.1. The fourth-order valence-corrected chi connectivity index (χ4v) is 4.29. The molecule has 0 aromatic heterocycles. The Balaban J connectivity index is 1.37. The van der Waals surface area contributed by atoms with Crippen molar-refractivity contribution in [3.63, 3.8) is 0 Å². The van der Waals surface area contributed by atoms with Crippen LogP contribution in [0.5, 0.6) is 5.75 Å². The summed E-state index contributed by atoms with van der Waals surface area (Å²) in [5.41, 5.74) is 5.56. The molecule has 174 valence electrons. The van der Waals surface area contributed by atoms with E-state index in [0.717, 1.165) is 28.2 Å². The molecule has 1 aliphatic rings. The normalized spacial score (nSPS) is 12.0. The molecule has 4 aromatic rings. The van der Waals surface area contributed by atoms with E-state index in [9.17, 15) is 9.59 Å². The first kappa shape index (κ1) is 22.2. The van der Waals surface area contributed by atoms with Crippen LogP contribution in [0.4, 0.5) is 22.7 Å². The molecule has 0 radical (unpaired) electrons. The van der Waals surface area contributed by atoms with E-state index in [1.807, 2.05) is 72.8 Å². The van der Waals surface area contributed by atoms with Gasteiger partial charge in [-0.05, 0) is 54.1 Å². The van der Waals surface area contributed by atoms with Gasteiger partial charge in [0.25, 0.3) is 5.91 Å². The molecule has 6 heteroatoms. The SMILES string of the molecule is COc1ccccc1CC(=O)Nc1ccc(C(=O)N2c3ccccc3CNc3ccccc32)cc1. The Morgan fingerprint density at radius 3 is 2.34 bits per heavy atom. The number of carbonyl (C=O) groups excluding carboxylic acids is 2. The third-order valence-corrected chi connectivity index (χ3v) is 6.01.